The number of hydrogen-bond donors (Lipinski definition) is 2. The van der Waals surface area contributed by atoms with Gasteiger partial charge in [0.2, 0.25) is 5.43 Å². The molecule has 4 rings (SSSR count). The molecule has 0 radical (unpaired) electrons. The van der Waals surface area contributed by atoms with E-state index in [2.05, 4.69) is 15.3 Å². The molecule has 0 aliphatic carbocycles. The monoisotopic (exact) mass is 419 g/mol. The third-order valence-electron chi connectivity index (χ3n) is 4.92. The number of nitrogens with zero attached hydrogens (tertiary/aromatic N) is 3. The molecule has 1 aliphatic rings. The summed E-state index contributed by atoms with van der Waals surface area (Å²) < 4.78 is 21.6. The number of aromatic nitrogens is 2. The summed E-state index contributed by atoms with van der Waals surface area (Å²) in [6.45, 7) is 2.65. The first kappa shape index (κ1) is 20.5. The highest BCUT2D eigenvalue weighted by molar-refractivity contribution is 5.86. The minimum absolute atomic E-state index is 0.0894. The summed E-state index contributed by atoms with van der Waals surface area (Å²) in [5.41, 5.74) is 1.86. The van der Waals surface area contributed by atoms with E-state index in [1.54, 1.807) is 6.07 Å². The van der Waals surface area contributed by atoms with Gasteiger partial charge >= 0.3 is 0 Å². The van der Waals surface area contributed by atoms with Crippen molar-refractivity contribution in [3.8, 4) is 5.69 Å². The second-order valence-corrected chi connectivity index (χ2v) is 6.95. The van der Waals surface area contributed by atoms with Gasteiger partial charge in [-0.2, -0.15) is 5.10 Å². The quantitative estimate of drug-likeness (QED) is 0.599. The van der Waals surface area contributed by atoms with Crippen LogP contribution in [0.4, 0.5) is 15.8 Å². The Balaban J connectivity index is 1.67. The molecular weight excluding hydrogens is 397 g/mol. The van der Waals surface area contributed by atoms with Crippen molar-refractivity contribution < 1.29 is 9.13 Å². The van der Waals surface area contributed by atoms with Gasteiger partial charge in [0.15, 0.2) is 11.5 Å². The van der Waals surface area contributed by atoms with Gasteiger partial charge in [0, 0.05) is 42.9 Å². The highest BCUT2D eigenvalue weighted by Crippen LogP contribution is 2.22. The van der Waals surface area contributed by atoms with E-state index < -0.39 is 5.82 Å². The largest absolute Gasteiger partial charge is 0.378 e. The Labute approximate surface area is 178 Å². The summed E-state index contributed by atoms with van der Waals surface area (Å²) in [6, 6.07) is 15.5. The third-order valence-corrected chi connectivity index (χ3v) is 4.92. The van der Waals surface area contributed by atoms with Gasteiger partial charge in [-0.25, -0.2) is 9.07 Å². The van der Waals surface area contributed by atoms with Crippen molar-refractivity contribution in [1.29, 1.82) is 5.41 Å². The Morgan fingerprint density at radius 2 is 1.90 bits per heavy atom. The number of nitrogens with one attached hydrogen (secondary N) is 2. The summed E-state index contributed by atoms with van der Waals surface area (Å²) >= 11 is 0. The molecule has 31 heavy (non-hydrogen) atoms. The molecule has 2 aromatic carbocycles. The minimum Gasteiger partial charge on any atom is -0.378 e. The Morgan fingerprint density at radius 1 is 1.13 bits per heavy atom. The zero-order chi connectivity index (χ0) is 21.6. The smallest absolute Gasteiger partial charge is 0.209 e. The van der Waals surface area contributed by atoms with Gasteiger partial charge < -0.3 is 20.4 Å². The second kappa shape index (κ2) is 9.36. The fourth-order valence-electron chi connectivity index (χ4n) is 3.37. The van der Waals surface area contributed by atoms with Gasteiger partial charge in [-0.3, -0.25) is 4.79 Å². The van der Waals surface area contributed by atoms with E-state index in [1.165, 1.54) is 29.1 Å². The molecule has 0 amide bonds. The zero-order valence-electron chi connectivity index (χ0n) is 16.8. The Bertz CT molecular complexity index is 1150. The van der Waals surface area contributed by atoms with Crippen molar-refractivity contribution >= 4 is 23.3 Å². The van der Waals surface area contributed by atoms with Crippen LogP contribution in [-0.4, -0.2) is 42.3 Å². The van der Waals surface area contributed by atoms with Gasteiger partial charge in [-0.15, -0.1) is 0 Å². The van der Waals surface area contributed by atoms with Crippen LogP contribution < -0.4 is 15.6 Å². The normalized spacial score (nSPS) is 14.4. The van der Waals surface area contributed by atoms with E-state index >= 15 is 0 Å². The number of ether oxygens (including phenoxy) is 1. The lowest BCUT2D eigenvalue weighted by Gasteiger charge is -2.29. The molecule has 0 unspecified atom stereocenters. The number of morpholine rings is 1. The maximum absolute atomic E-state index is 15.0. The molecule has 0 bridgehead atoms. The van der Waals surface area contributed by atoms with E-state index in [0.717, 1.165) is 17.6 Å². The maximum atomic E-state index is 15.0. The lowest BCUT2D eigenvalue weighted by molar-refractivity contribution is 0.122. The van der Waals surface area contributed by atoms with E-state index in [9.17, 15) is 9.18 Å². The number of anilines is 2. The first-order valence-electron chi connectivity index (χ1n) is 9.91. The van der Waals surface area contributed by atoms with Crippen LogP contribution in [0.15, 0.2) is 71.7 Å². The number of hydrogen-bond acceptors (Lipinski definition) is 6. The lowest BCUT2D eigenvalue weighted by Crippen LogP contribution is -2.36. The van der Waals surface area contributed by atoms with Crippen LogP contribution in [-0.2, 0) is 4.74 Å². The van der Waals surface area contributed by atoms with Gasteiger partial charge in [-0.05, 0) is 36.4 Å². The number of para-hydroxylation sites is 1. The molecule has 1 aromatic heterocycles. The van der Waals surface area contributed by atoms with E-state index in [0.29, 0.717) is 32.0 Å². The average molecular weight is 419 g/mol. The van der Waals surface area contributed by atoms with Crippen LogP contribution in [0, 0.1) is 11.2 Å². The summed E-state index contributed by atoms with van der Waals surface area (Å²) in [5.74, 6) is -0.445. The van der Waals surface area contributed by atoms with Gasteiger partial charge in [0.1, 0.15) is 5.69 Å². The van der Waals surface area contributed by atoms with Crippen LogP contribution in [0.1, 0.15) is 5.69 Å². The summed E-state index contributed by atoms with van der Waals surface area (Å²) in [7, 11) is 0. The Morgan fingerprint density at radius 3 is 2.61 bits per heavy atom. The van der Waals surface area contributed by atoms with Crippen molar-refractivity contribution in [2.45, 2.75) is 0 Å². The summed E-state index contributed by atoms with van der Waals surface area (Å²) in [6.07, 6.45) is 3.95. The van der Waals surface area contributed by atoms with Crippen LogP contribution in [0.3, 0.4) is 0 Å². The second-order valence-electron chi connectivity index (χ2n) is 6.95. The summed E-state index contributed by atoms with van der Waals surface area (Å²) in [5, 5.41) is 14.9. The molecule has 2 N–H and O–H groups in total. The average Bonchev–Trinajstić information content (AvgIpc) is 2.80. The Hall–Kier alpha value is -3.78. The van der Waals surface area contributed by atoms with Crippen molar-refractivity contribution in [2.24, 2.45) is 0 Å². The lowest BCUT2D eigenvalue weighted by atomic mass is 10.2. The molecule has 1 aliphatic heterocycles. The molecule has 1 fully saturated rings. The van der Waals surface area contributed by atoms with Crippen molar-refractivity contribution in [2.75, 3.05) is 36.5 Å². The van der Waals surface area contributed by atoms with Crippen LogP contribution in [0.5, 0.6) is 0 Å². The van der Waals surface area contributed by atoms with Crippen LogP contribution >= 0.6 is 0 Å². The maximum Gasteiger partial charge on any atom is 0.209 e. The predicted octanol–water partition coefficient (Wildman–Crippen LogP) is 3.31. The van der Waals surface area contributed by atoms with Crippen molar-refractivity contribution in [1.82, 2.24) is 9.78 Å². The minimum atomic E-state index is -0.445. The van der Waals surface area contributed by atoms with Gasteiger partial charge in [0.25, 0.3) is 0 Å². The fraction of sp³-hybridized carbons (Fsp3) is 0.174. The molecule has 0 atom stereocenters. The molecule has 0 saturated carbocycles. The topological polar surface area (TPSA) is 83.2 Å². The molecule has 0 spiro atoms. The first-order valence-corrected chi connectivity index (χ1v) is 9.91. The number of benzene rings is 2. The van der Waals surface area contributed by atoms with Crippen LogP contribution in [0.25, 0.3) is 11.4 Å². The molecule has 1 saturated heterocycles. The van der Waals surface area contributed by atoms with Crippen molar-refractivity contribution in [3.05, 3.63) is 88.6 Å². The number of rotatable bonds is 6. The van der Waals surface area contributed by atoms with E-state index in [-0.39, 0.29) is 16.8 Å². The van der Waals surface area contributed by atoms with E-state index in [1.807, 2.05) is 36.4 Å². The highest BCUT2D eigenvalue weighted by atomic mass is 19.1. The van der Waals surface area contributed by atoms with Crippen molar-refractivity contribution in [3.63, 3.8) is 0 Å². The summed E-state index contributed by atoms with van der Waals surface area (Å²) in [4.78, 5) is 14.6. The van der Waals surface area contributed by atoms with Gasteiger partial charge in [-0.1, -0.05) is 18.2 Å². The van der Waals surface area contributed by atoms with Gasteiger partial charge in [0.05, 0.1) is 18.9 Å². The third kappa shape index (κ3) is 4.70. The molecular formula is C23H22FN5O2. The standard InChI is InChI=1S/C23H22FN5O2/c24-19-16-18(28-12-14-31-15-13-28)6-7-21(19)29-11-9-22(30)23(27-29)20(8-10-25)26-17-4-2-1-3-5-17/h1-11,16,25-26H,12-15H2/b20-8-,25-10?. The van der Waals surface area contributed by atoms with Crippen LogP contribution in [0.2, 0.25) is 0 Å². The highest BCUT2D eigenvalue weighted by Gasteiger charge is 2.15. The molecule has 8 heteroatoms. The molecule has 7 nitrogen and oxygen atoms in total. The van der Waals surface area contributed by atoms with E-state index in [4.69, 9.17) is 10.1 Å². The zero-order valence-corrected chi connectivity index (χ0v) is 16.8. The predicted molar refractivity (Wildman–Crippen MR) is 120 cm³/mol. The molecule has 2 heterocycles. The fourth-order valence-corrected chi connectivity index (χ4v) is 3.37. The number of allylic oxidation sites excluding steroid dienone is 1. The Kier molecular flexibility index (Phi) is 6.18. The SMILES string of the molecule is N=C/C=C(\Nc1ccccc1)c1nn(-c2ccc(N3CCOCC3)cc2F)ccc1=O. The first-order chi connectivity index (χ1) is 15.2. The molecule has 158 valence electrons. The number of halogens is 1. The molecule has 3 aromatic rings.